The van der Waals surface area contributed by atoms with Crippen molar-refractivity contribution in [2.24, 2.45) is 16.7 Å². The maximum absolute atomic E-state index is 11.7. The first-order valence-electron chi connectivity index (χ1n) is 7.11. The zero-order chi connectivity index (χ0) is 15.7. The first-order valence-corrected chi connectivity index (χ1v) is 7.11. The summed E-state index contributed by atoms with van der Waals surface area (Å²) in [7, 11) is 0. The second-order valence-corrected chi connectivity index (χ2v) is 6.60. The zero-order valence-electron chi connectivity index (χ0n) is 13.0. The van der Waals surface area contributed by atoms with Gasteiger partial charge in [0.2, 0.25) is 0 Å². The molecule has 0 radical (unpaired) electrons. The van der Waals surface area contributed by atoms with Gasteiger partial charge in [0.25, 0.3) is 0 Å². The van der Waals surface area contributed by atoms with Crippen LogP contribution in [0.3, 0.4) is 0 Å². The summed E-state index contributed by atoms with van der Waals surface area (Å²) in [4.78, 5) is 11.7. The molecular formula is C18H22O3. The topological polar surface area (TPSA) is 46.5 Å². The molecule has 1 aliphatic carbocycles. The highest BCUT2D eigenvalue weighted by Crippen LogP contribution is 2.52. The second kappa shape index (κ2) is 5.40. The summed E-state index contributed by atoms with van der Waals surface area (Å²) in [5, 5.41) is 9.59. The minimum Gasteiger partial charge on any atom is -0.481 e. The molecule has 1 aliphatic rings. The average Bonchev–Trinajstić information content (AvgIpc) is 2.40. The van der Waals surface area contributed by atoms with E-state index in [4.69, 9.17) is 4.74 Å². The van der Waals surface area contributed by atoms with Crippen molar-refractivity contribution in [1.82, 2.24) is 0 Å². The molecule has 0 spiro atoms. The number of ether oxygens (including phenoxy) is 1. The number of hydrogen-bond donors (Lipinski definition) is 1. The lowest BCUT2D eigenvalue weighted by Gasteiger charge is -2.47. The molecule has 3 nitrogen and oxygen atoms in total. The van der Waals surface area contributed by atoms with E-state index in [2.05, 4.69) is 0 Å². The number of carboxylic acids is 1. The molecule has 1 aromatic rings. The Balaban J connectivity index is 2.45. The summed E-state index contributed by atoms with van der Waals surface area (Å²) < 4.78 is 6.02. The van der Waals surface area contributed by atoms with E-state index >= 15 is 0 Å². The van der Waals surface area contributed by atoms with Crippen molar-refractivity contribution in [1.29, 1.82) is 0 Å². The van der Waals surface area contributed by atoms with Crippen LogP contribution in [0.4, 0.5) is 0 Å². The fourth-order valence-corrected chi connectivity index (χ4v) is 2.69. The molecule has 2 rings (SSSR count). The highest BCUT2D eigenvalue weighted by molar-refractivity contribution is 5.75. The highest BCUT2D eigenvalue weighted by Gasteiger charge is 2.51. The third kappa shape index (κ3) is 2.73. The van der Waals surface area contributed by atoms with E-state index in [0.29, 0.717) is 5.76 Å². The molecule has 0 saturated carbocycles. The SMILES string of the molecule is CC(C)(C)C1(C)C(Oc2ccccc2)=CC=CC1C(=O)O. The van der Waals surface area contributed by atoms with Crippen LogP contribution in [-0.2, 0) is 4.79 Å². The predicted octanol–water partition coefficient (Wildman–Crippen LogP) is 4.27. The minimum absolute atomic E-state index is 0.262. The lowest BCUT2D eigenvalue weighted by atomic mass is 9.58. The van der Waals surface area contributed by atoms with Gasteiger partial charge in [0.15, 0.2) is 0 Å². The minimum atomic E-state index is -0.828. The molecule has 0 saturated heterocycles. The van der Waals surface area contributed by atoms with Crippen molar-refractivity contribution in [3.8, 4) is 5.75 Å². The molecular weight excluding hydrogens is 264 g/mol. The predicted molar refractivity (Wildman–Crippen MR) is 83.0 cm³/mol. The van der Waals surface area contributed by atoms with Crippen LogP contribution < -0.4 is 4.74 Å². The summed E-state index contributed by atoms with van der Waals surface area (Å²) in [6, 6.07) is 9.47. The van der Waals surface area contributed by atoms with E-state index in [1.54, 1.807) is 12.2 Å². The van der Waals surface area contributed by atoms with Crippen LogP contribution in [0.15, 0.2) is 54.3 Å². The third-order valence-corrected chi connectivity index (χ3v) is 4.48. The Kier molecular flexibility index (Phi) is 3.95. The van der Waals surface area contributed by atoms with Gasteiger partial charge in [-0.2, -0.15) is 0 Å². The Morgan fingerprint density at radius 2 is 1.86 bits per heavy atom. The van der Waals surface area contributed by atoms with E-state index in [1.807, 2.05) is 64.1 Å². The molecule has 3 heteroatoms. The fourth-order valence-electron chi connectivity index (χ4n) is 2.69. The molecule has 1 aromatic carbocycles. The quantitative estimate of drug-likeness (QED) is 0.902. The number of allylic oxidation sites excluding steroid dienone is 3. The maximum Gasteiger partial charge on any atom is 0.311 e. The normalized spacial score (nSPS) is 25.3. The van der Waals surface area contributed by atoms with E-state index in [-0.39, 0.29) is 5.41 Å². The van der Waals surface area contributed by atoms with E-state index in [1.165, 1.54) is 0 Å². The molecule has 112 valence electrons. The van der Waals surface area contributed by atoms with Crippen molar-refractivity contribution >= 4 is 5.97 Å². The summed E-state index contributed by atoms with van der Waals surface area (Å²) in [5.74, 6) is -0.0260. The van der Waals surface area contributed by atoms with Crippen molar-refractivity contribution in [2.45, 2.75) is 27.7 Å². The standard InChI is InChI=1S/C18H22O3/c1-17(2,3)18(4)14(16(19)20)11-8-12-15(18)21-13-9-6-5-7-10-13/h5-12,14H,1-4H3,(H,19,20). The van der Waals surface area contributed by atoms with Crippen LogP contribution in [-0.4, -0.2) is 11.1 Å². The summed E-state index contributed by atoms with van der Waals surface area (Å²) in [6.07, 6.45) is 5.38. The average molecular weight is 286 g/mol. The zero-order valence-corrected chi connectivity index (χ0v) is 13.0. The Bertz CT molecular complexity index is 578. The van der Waals surface area contributed by atoms with Gasteiger partial charge in [0, 0.05) is 5.41 Å². The molecule has 2 atom stereocenters. The van der Waals surface area contributed by atoms with E-state index < -0.39 is 17.3 Å². The van der Waals surface area contributed by atoms with Crippen molar-refractivity contribution < 1.29 is 14.6 Å². The van der Waals surface area contributed by atoms with Gasteiger partial charge in [-0.05, 0) is 23.6 Å². The largest absolute Gasteiger partial charge is 0.481 e. The number of para-hydroxylation sites is 1. The molecule has 0 aliphatic heterocycles. The van der Waals surface area contributed by atoms with Gasteiger partial charge in [0.05, 0.1) is 5.92 Å². The van der Waals surface area contributed by atoms with Gasteiger partial charge in [-0.15, -0.1) is 0 Å². The fraction of sp³-hybridized carbons (Fsp3) is 0.389. The maximum atomic E-state index is 11.7. The van der Waals surface area contributed by atoms with Crippen LogP contribution in [0.5, 0.6) is 5.75 Å². The molecule has 0 bridgehead atoms. The molecule has 0 fully saturated rings. The summed E-state index contributed by atoms with van der Waals surface area (Å²) in [6.45, 7) is 8.10. The van der Waals surface area contributed by atoms with E-state index in [9.17, 15) is 9.90 Å². The number of aliphatic carboxylic acids is 1. The Hall–Kier alpha value is -2.03. The lowest BCUT2D eigenvalue weighted by molar-refractivity contribution is -0.146. The number of hydrogen-bond acceptors (Lipinski definition) is 2. The van der Waals surface area contributed by atoms with Crippen LogP contribution in [0, 0.1) is 16.7 Å². The third-order valence-electron chi connectivity index (χ3n) is 4.48. The molecule has 21 heavy (non-hydrogen) atoms. The Morgan fingerprint density at radius 1 is 1.24 bits per heavy atom. The highest BCUT2D eigenvalue weighted by atomic mass is 16.5. The number of carbonyl (C=O) groups is 1. The Labute approximate surface area is 125 Å². The van der Waals surface area contributed by atoms with Gasteiger partial charge in [0.1, 0.15) is 11.5 Å². The molecule has 2 unspecified atom stereocenters. The van der Waals surface area contributed by atoms with Gasteiger partial charge in [-0.3, -0.25) is 4.79 Å². The number of benzene rings is 1. The first kappa shape index (κ1) is 15.4. The second-order valence-electron chi connectivity index (χ2n) is 6.60. The first-order chi connectivity index (χ1) is 9.76. The summed E-state index contributed by atoms with van der Waals surface area (Å²) in [5.41, 5.74) is -0.884. The van der Waals surface area contributed by atoms with Gasteiger partial charge < -0.3 is 9.84 Å². The molecule has 1 N–H and O–H groups in total. The van der Waals surface area contributed by atoms with Crippen LogP contribution >= 0.6 is 0 Å². The van der Waals surface area contributed by atoms with Gasteiger partial charge in [-0.25, -0.2) is 0 Å². The summed E-state index contributed by atoms with van der Waals surface area (Å²) >= 11 is 0. The molecule has 0 heterocycles. The van der Waals surface area contributed by atoms with Crippen molar-refractivity contribution in [3.63, 3.8) is 0 Å². The van der Waals surface area contributed by atoms with E-state index in [0.717, 1.165) is 5.75 Å². The van der Waals surface area contributed by atoms with Crippen LogP contribution in [0.1, 0.15) is 27.7 Å². The van der Waals surface area contributed by atoms with Gasteiger partial charge >= 0.3 is 5.97 Å². The number of carboxylic acid groups (broad SMARTS) is 1. The van der Waals surface area contributed by atoms with Gasteiger partial charge in [-0.1, -0.05) is 58.0 Å². The monoisotopic (exact) mass is 286 g/mol. The van der Waals surface area contributed by atoms with Crippen molar-refractivity contribution in [3.05, 3.63) is 54.3 Å². The van der Waals surface area contributed by atoms with Crippen LogP contribution in [0.2, 0.25) is 0 Å². The smallest absolute Gasteiger partial charge is 0.311 e. The molecule has 0 amide bonds. The van der Waals surface area contributed by atoms with Crippen molar-refractivity contribution in [2.75, 3.05) is 0 Å². The number of rotatable bonds is 3. The lowest BCUT2D eigenvalue weighted by Crippen LogP contribution is -2.46. The molecule has 0 aromatic heterocycles. The van der Waals surface area contributed by atoms with Crippen LogP contribution in [0.25, 0.3) is 0 Å². The Morgan fingerprint density at radius 3 is 2.38 bits per heavy atom.